The molecule has 0 radical (unpaired) electrons. The van der Waals surface area contributed by atoms with Gasteiger partial charge in [0.15, 0.2) is 0 Å². The van der Waals surface area contributed by atoms with Crippen molar-refractivity contribution in [2.75, 3.05) is 19.7 Å². The molecule has 3 nitrogen and oxygen atoms in total. The van der Waals surface area contributed by atoms with Crippen LogP contribution in [0.1, 0.15) is 25.7 Å². The van der Waals surface area contributed by atoms with E-state index in [2.05, 4.69) is 12.2 Å². The third kappa shape index (κ3) is 2.40. The molecule has 0 aromatic heterocycles. The number of aliphatic hydroxyl groups is 1. The number of likely N-dealkylation sites (tertiary alicyclic amines) is 1. The number of allylic oxidation sites excluding steroid dienone is 2. The molecular formula is C12H19NO2. The molecule has 0 spiro atoms. The molecule has 1 saturated heterocycles. The lowest BCUT2D eigenvalue weighted by Crippen LogP contribution is -2.35. The lowest BCUT2D eigenvalue weighted by molar-refractivity contribution is -0.134. The van der Waals surface area contributed by atoms with Crippen LogP contribution in [0.5, 0.6) is 0 Å². The average Bonchev–Trinajstić information content (AvgIpc) is 2.78. The van der Waals surface area contributed by atoms with Crippen molar-refractivity contribution in [1.82, 2.24) is 4.90 Å². The Morgan fingerprint density at radius 3 is 2.87 bits per heavy atom. The third-order valence-corrected chi connectivity index (χ3v) is 3.47. The van der Waals surface area contributed by atoms with Crippen molar-refractivity contribution in [3.8, 4) is 0 Å². The number of carbonyl (C=O) groups is 1. The number of rotatable bonds is 2. The highest BCUT2D eigenvalue weighted by Gasteiger charge is 2.30. The Balaban J connectivity index is 1.88. The van der Waals surface area contributed by atoms with Crippen LogP contribution >= 0.6 is 0 Å². The van der Waals surface area contributed by atoms with Crippen molar-refractivity contribution < 1.29 is 9.90 Å². The summed E-state index contributed by atoms with van der Waals surface area (Å²) in [6.45, 7) is 1.81. The Morgan fingerprint density at radius 1 is 1.40 bits per heavy atom. The Kier molecular flexibility index (Phi) is 3.41. The highest BCUT2D eigenvalue weighted by molar-refractivity contribution is 5.79. The normalized spacial score (nSPS) is 30.9. The number of hydrogen-bond acceptors (Lipinski definition) is 2. The number of aliphatic hydroxyl groups excluding tert-OH is 1. The first kappa shape index (κ1) is 10.7. The maximum absolute atomic E-state index is 12.1. The maximum Gasteiger partial charge on any atom is 0.226 e. The van der Waals surface area contributed by atoms with Gasteiger partial charge >= 0.3 is 0 Å². The van der Waals surface area contributed by atoms with Gasteiger partial charge in [-0.1, -0.05) is 12.2 Å². The molecule has 1 fully saturated rings. The summed E-state index contributed by atoms with van der Waals surface area (Å²) in [5.74, 6) is 0.816. The molecule has 0 saturated carbocycles. The minimum Gasteiger partial charge on any atom is -0.396 e. The predicted molar refractivity (Wildman–Crippen MR) is 58.3 cm³/mol. The summed E-state index contributed by atoms with van der Waals surface area (Å²) in [6, 6.07) is 0. The molecule has 0 bridgehead atoms. The van der Waals surface area contributed by atoms with Crippen LogP contribution in [-0.4, -0.2) is 35.6 Å². The molecule has 1 N–H and O–H groups in total. The van der Waals surface area contributed by atoms with Gasteiger partial charge in [-0.3, -0.25) is 4.79 Å². The lowest BCUT2D eigenvalue weighted by atomic mass is 9.93. The van der Waals surface area contributed by atoms with Gasteiger partial charge in [-0.05, 0) is 25.7 Å². The predicted octanol–water partition coefficient (Wildman–Crippen LogP) is 1.18. The van der Waals surface area contributed by atoms with Crippen molar-refractivity contribution >= 4 is 5.91 Å². The Bertz CT molecular complexity index is 262. The van der Waals surface area contributed by atoms with Crippen LogP contribution in [0.3, 0.4) is 0 Å². The number of hydrogen-bond donors (Lipinski definition) is 1. The van der Waals surface area contributed by atoms with Crippen LogP contribution in [0.2, 0.25) is 0 Å². The minimum atomic E-state index is 0.201. The fraction of sp³-hybridized carbons (Fsp3) is 0.750. The molecule has 3 heteroatoms. The van der Waals surface area contributed by atoms with Gasteiger partial charge < -0.3 is 10.0 Å². The molecule has 1 aliphatic heterocycles. The Morgan fingerprint density at radius 2 is 2.27 bits per heavy atom. The molecule has 2 aliphatic rings. The van der Waals surface area contributed by atoms with Gasteiger partial charge in [0.25, 0.3) is 0 Å². The summed E-state index contributed by atoms with van der Waals surface area (Å²) >= 11 is 0. The smallest absolute Gasteiger partial charge is 0.226 e. The quantitative estimate of drug-likeness (QED) is 0.694. The van der Waals surface area contributed by atoms with Gasteiger partial charge in [0.1, 0.15) is 0 Å². The first-order valence-electron chi connectivity index (χ1n) is 5.86. The molecule has 0 unspecified atom stereocenters. The molecule has 1 amide bonds. The second kappa shape index (κ2) is 4.79. The average molecular weight is 209 g/mol. The van der Waals surface area contributed by atoms with Gasteiger partial charge in [0.05, 0.1) is 0 Å². The van der Waals surface area contributed by atoms with E-state index in [-0.39, 0.29) is 12.5 Å². The molecular weight excluding hydrogens is 190 g/mol. The van der Waals surface area contributed by atoms with Crippen molar-refractivity contribution in [3.05, 3.63) is 12.2 Å². The van der Waals surface area contributed by atoms with Gasteiger partial charge in [0, 0.05) is 31.5 Å². The number of carbonyl (C=O) groups excluding carboxylic acids is 1. The largest absolute Gasteiger partial charge is 0.396 e. The van der Waals surface area contributed by atoms with Crippen LogP contribution in [0.4, 0.5) is 0 Å². The Labute approximate surface area is 90.8 Å². The first-order chi connectivity index (χ1) is 7.31. The van der Waals surface area contributed by atoms with Gasteiger partial charge in [0.2, 0.25) is 5.91 Å². The van der Waals surface area contributed by atoms with Crippen LogP contribution < -0.4 is 0 Å². The molecule has 84 valence electrons. The maximum atomic E-state index is 12.1. The van der Waals surface area contributed by atoms with Crippen molar-refractivity contribution in [3.63, 3.8) is 0 Å². The van der Waals surface area contributed by atoms with E-state index in [1.165, 1.54) is 0 Å². The zero-order valence-electron chi connectivity index (χ0n) is 9.06. The van der Waals surface area contributed by atoms with E-state index in [1.54, 1.807) is 0 Å². The zero-order chi connectivity index (χ0) is 10.7. The van der Waals surface area contributed by atoms with E-state index >= 15 is 0 Å². The summed E-state index contributed by atoms with van der Waals surface area (Å²) in [7, 11) is 0. The minimum absolute atomic E-state index is 0.201. The summed E-state index contributed by atoms with van der Waals surface area (Å²) < 4.78 is 0. The van der Waals surface area contributed by atoms with Gasteiger partial charge in [-0.15, -0.1) is 0 Å². The highest BCUT2D eigenvalue weighted by Crippen LogP contribution is 2.24. The van der Waals surface area contributed by atoms with E-state index in [9.17, 15) is 4.79 Å². The number of nitrogens with zero attached hydrogens (tertiary/aromatic N) is 1. The standard InChI is InChI=1S/C12H19NO2/c14-9-10-6-7-13(8-10)12(15)11-4-2-1-3-5-11/h1-2,10-11,14H,3-9H2/t10-,11-/m0/s1. The van der Waals surface area contributed by atoms with E-state index in [0.29, 0.717) is 11.8 Å². The van der Waals surface area contributed by atoms with Crippen molar-refractivity contribution in [2.24, 2.45) is 11.8 Å². The van der Waals surface area contributed by atoms with Crippen molar-refractivity contribution in [2.45, 2.75) is 25.7 Å². The van der Waals surface area contributed by atoms with E-state index in [1.807, 2.05) is 4.90 Å². The molecule has 1 heterocycles. The highest BCUT2D eigenvalue weighted by atomic mass is 16.3. The molecule has 1 aliphatic carbocycles. The second-order valence-corrected chi connectivity index (χ2v) is 4.60. The third-order valence-electron chi connectivity index (χ3n) is 3.47. The van der Waals surface area contributed by atoms with E-state index in [4.69, 9.17) is 5.11 Å². The topological polar surface area (TPSA) is 40.5 Å². The van der Waals surface area contributed by atoms with Crippen LogP contribution in [0.15, 0.2) is 12.2 Å². The fourth-order valence-corrected chi connectivity index (χ4v) is 2.46. The van der Waals surface area contributed by atoms with Crippen molar-refractivity contribution in [1.29, 1.82) is 0 Å². The van der Waals surface area contributed by atoms with E-state index < -0.39 is 0 Å². The second-order valence-electron chi connectivity index (χ2n) is 4.60. The molecule has 0 aromatic rings. The fourth-order valence-electron chi connectivity index (χ4n) is 2.46. The summed E-state index contributed by atoms with van der Waals surface area (Å²) in [5.41, 5.74) is 0. The molecule has 2 rings (SSSR count). The Hall–Kier alpha value is -0.830. The van der Waals surface area contributed by atoms with Gasteiger partial charge in [-0.25, -0.2) is 0 Å². The molecule has 2 atom stereocenters. The zero-order valence-corrected chi connectivity index (χ0v) is 9.06. The van der Waals surface area contributed by atoms with Crippen LogP contribution in [0, 0.1) is 11.8 Å². The molecule has 0 aromatic carbocycles. The SMILES string of the molecule is O=C([C@H]1CC=CCC1)N1CC[C@H](CO)C1. The van der Waals surface area contributed by atoms with Gasteiger partial charge in [-0.2, -0.15) is 0 Å². The number of amides is 1. The van der Waals surface area contributed by atoms with Crippen LogP contribution in [0.25, 0.3) is 0 Å². The monoisotopic (exact) mass is 209 g/mol. The summed E-state index contributed by atoms with van der Waals surface area (Å²) in [6.07, 6.45) is 8.17. The van der Waals surface area contributed by atoms with E-state index in [0.717, 1.165) is 38.8 Å². The molecule has 15 heavy (non-hydrogen) atoms. The summed E-state index contributed by atoms with van der Waals surface area (Å²) in [4.78, 5) is 14.0. The lowest BCUT2D eigenvalue weighted by Gasteiger charge is -2.24. The summed E-state index contributed by atoms with van der Waals surface area (Å²) in [5, 5.41) is 9.03. The van der Waals surface area contributed by atoms with Crippen LogP contribution in [-0.2, 0) is 4.79 Å². The first-order valence-corrected chi connectivity index (χ1v) is 5.86.